The van der Waals surface area contributed by atoms with Crippen LogP contribution >= 0.6 is 0 Å². The molecule has 370 valence electrons. The first kappa shape index (κ1) is 46.3. The summed E-state index contributed by atoms with van der Waals surface area (Å²) < 4.78 is 4.80. The van der Waals surface area contributed by atoms with Gasteiger partial charge in [0.15, 0.2) is 0 Å². The molecule has 6 heteroatoms. The molecule has 0 aliphatic carbocycles. The van der Waals surface area contributed by atoms with Crippen LogP contribution in [-0.2, 0) is 10.8 Å². The molecule has 3 aromatic heterocycles. The summed E-state index contributed by atoms with van der Waals surface area (Å²) in [6.07, 6.45) is 0. The van der Waals surface area contributed by atoms with Crippen LogP contribution in [0, 0.1) is 0 Å². The van der Waals surface area contributed by atoms with Crippen molar-refractivity contribution in [1.82, 2.24) is 18.9 Å². The maximum absolute atomic E-state index is 12.8. The number of pyridine rings is 1. The zero-order valence-corrected chi connectivity index (χ0v) is 45.1. The van der Waals surface area contributed by atoms with Crippen LogP contribution in [0.5, 0.6) is 5.75 Å². The minimum Gasteiger partial charge on any atom is -0.507 e. The summed E-state index contributed by atoms with van der Waals surface area (Å²) in [6.45, 7) is 22.7. The molecule has 2 aliphatic heterocycles. The molecule has 12 aromatic rings. The number of aromatic nitrogens is 4. The quantitative estimate of drug-likeness (QED) is 0.133. The first-order valence-corrected chi connectivity index (χ1v) is 27.2. The van der Waals surface area contributed by atoms with Crippen molar-refractivity contribution in [2.75, 3.05) is 0 Å². The van der Waals surface area contributed by atoms with Gasteiger partial charge in [-0.2, -0.15) is 0 Å². The van der Waals surface area contributed by atoms with E-state index in [1.807, 2.05) is 0 Å². The first-order chi connectivity index (χ1) is 36.6. The van der Waals surface area contributed by atoms with Crippen molar-refractivity contribution < 1.29 is 5.11 Å². The van der Waals surface area contributed by atoms with E-state index in [2.05, 4.69) is 248 Å². The van der Waals surface area contributed by atoms with Crippen LogP contribution in [-0.4, -0.2) is 30.8 Å². The number of aromatic hydroxyl groups is 1. The number of fused-ring (bicyclic) bond motifs is 16. The molecule has 9 aromatic carbocycles. The van der Waals surface area contributed by atoms with Crippen molar-refractivity contribution in [1.29, 1.82) is 0 Å². The average molecular weight is 985 g/mol. The van der Waals surface area contributed by atoms with Gasteiger partial charge in [0.1, 0.15) is 17.2 Å². The van der Waals surface area contributed by atoms with Crippen molar-refractivity contribution in [2.24, 2.45) is 0 Å². The van der Waals surface area contributed by atoms with Crippen LogP contribution in [0.3, 0.4) is 0 Å². The summed E-state index contributed by atoms with van der Waals surface area (Å²) in [5.74, 6) is 1.32. The highest BCUT2D eigenvalue weighted by atomic mass is 16.3. The minimum absolute atomic E-state index is 0.167. The molecular formula is C70H61BN4O. The van der Waals surface area contributed by atoms with Crippen LogP contribution in [0.25, 0.3) is 111 Å². The highest BCUT2D eigenvalue weighted by Crippen LogP contribution is 2.49. The van der Waals surface area contributed by atoms with E-state index in [0.29, 0.717) is 0 Å². The van der Waals surface area contributed by atoms with Gasteiger partial charge in [-0.25, -0.2) is 9.97 Å². The van der Waals surface area contributed by atoms with E-state index in [9.17, 15) is 5.11 Å². The van der Waals surface area contributed by atoms with Gasteiger partial charge in [0.25, 0.3) is 0 Å². The molecular weight excluding hydrogens is 924 g/mol. The summed E-state index contributed by atoms with van der Waals surface area (Å²) in [6, 6.07) is 62.6. The number of nitrogens with zero attached hydrogens (tertiary/aromatic N) is 4. The average Bonchev–Trinajstić information content (AvgIpc) is 4.38. The Labute approximate surface area is 445 Å². The number of hydrogen-bond acceptors (Lipinski definition) is 3. The van der Waals surface area contributed by atoms with Crippen LogP contribution < -0.4 is 16.4 Å². The van der Waals surface area contributed by atoms with Crippen molar-refractivity contribution in [2.45, 2.75) is 91.9 Å². The van der Waals surface area contributed by atoms with Crippen molar-refractivity contribution in [3.8, 4) is 67.3 Å². The van der Waals surface area contributed by atoms with E-state index in [0.717, 1.165) is 77.9 Å². The maximum Gasteiger partial charge on any atom is 0.244 e. The standard InChI is InChI=1S/C70H61BN4O/c1-39(2)49-34-42(41-22-12-11-13-23-41)35-50(40(3)4)65(49)75-59-33-21-28-46(64(59)73-68(75)53-36-43(69(5,6)7)37-54(66(53)76)70(8,9)10)45-27-20-32-58-63(45)72-67-52-38-51-44-24-14-17-29-55(44)71-56-30-18-15-25-47(56)61(62(51)71)60(52)48-26-16-19-31-57(48)74(58)67/h11-40,76H,1-10H3. The Bertz CT molecular complexity index is 4420. The van der Waals surface area contributed by atoms with Crippen LogP contribution in [0.4, 0.5) is 0 Å². The third-order valence-electron chi connectivity index (χ3n) is 16.8. The monoisotopic (exact) mass is 984 g/mol. The number of phenolic OH excluding ortho intramolecular Hbond substituents is 1. The molecule has 76 heavy (non-hydrogen) atoms. The molecule has 0 fully saturated rings. The summed E-state index contributed by atoms with van der Waals surface area (Å²) in [4.78, 5) is 11.7. The fraction of sp³-hybridized carbons (Fsp3) is 0.200. The molecule has 5 nitrogen and oxygen atoms in total. The number of imidazole rings is 2. The fourth-order valence-corrected chi connectivity index (χ4v) is 13.2. The van der Waals surface area contributed by atoms with E-state index < -0.39 is 0 Å². The van der Waals surface area contributed by atoms with Gasteiger partial charge in [-0.1, -0.05) is 213 Å². The smallest absolute Gasteiger partial charge is 0.244 e. The van der Waals surface area contributed by atoms with Crippen molar-refractivity contribution in [3.63, 3.8) is 0 Å². The number of rotatable bonds is 6. The molecule has 0 atom stereocenters. The Morgan fingerprint density at radius 3 is 1.74 bits per heavy atom. The second kappa shape index (κ2) is 16.4. The number of phenols is 1. The van der Waals surface area contributed by atoms with Gasteiger partial charge in [-0.05, 0) is 115 Å². The fourth-order valence-electron chi connectivity index (χ4n) is 13.2. The normalized spacial score (nSPS) is 13.1. The van der Waals surface area contributed by atoms with Gasteiger partial charge in [-0.3, -0.25) is 8.97 Å². The molecule has 0 unspecified atom stereocenters. The van der Waals surface area contributed by atoms with Crippen molar-refractivity contribution in [3.05, 3.63) is 192 Å². The van der Waals surface area contributed by atoms with Gasteiger partial charge in [0.2, 0.25) is 6.71 Å². The minimum atomic E-state index is -0.341. The Balaban J connectivity index is 1.10. The number of hydrogen-bond donors (Lipinski definition) is 1. The summed E-state index contributed by atoms with van der Waals surface area (Å²) in [7, 11) is 0. The third-order valence-corrected chi connectivity index (χ3v) is 16.8. The lowest BCUT2D eigenvalue weighted by atomic mass is 9.41. The topological polar surface area (TPSA) is 55.3 Å². The molecule has 0 radical (unpaired) electrons. The molecule has 0 spiro atoms. The van der Waals surface area contributed by atoms with Gasteiger partial charge >= 0.3 is 0 Å². The van der Waals surface area contributed by atoms with Gasteiger partial charge in [0, 0.05) is 32.8 Å². The lowest BCUT2D eigenvalue weighted by Gasteiger charge is -2.28. The number of para-hydroxylation sites is 3. The van der Waals surface area contributed by atoms with Crippen LogP contribution in [0.1, 0.15) is 103 Å². The van der Waals surface area contributed by atoms with Crippen molar-refractivity contribution >= 4 is 72.5 Å². The number of benzene rings is 9. The van der Waals surface area contributed by atoms with E-state index in [1.54, 1.807) is 0 Å². The van der Waals surface area contributed by atoms with Gasteiger partial charge in [-0.15, -0.1) is 0 Å². The molecule has 0 saturated carbocycles. The lowest BCUT2D eigenvalue weighted by Crippen LogP contribution is -2.45. The third kappa shape index (κ3) is 6.58. The molecule has 0 saturated heterocycles. The second-order valence-corrected chi connectivity index (χ2v) is 24.2. The van der Waals surface area contributed by atoms with E-state index >= 15 is 0 Å². The Hall–Kier alpha value is -8.22. The van der Waals surface area contributed by atoms with Crippen LogP contribution in [0.15, 0.2) is 170 Å². The molecule has 0 amide bonds. The Morgan fingerprint density at radius 1 is 0.487 bits per heavy atom. The highest BCUT2D eigenvalue weighted by molar-refractivity contribution is 7.02. The van der Waals surface area contributed by atoms with Crippen LogP contribution in [0.2, 0.25) is 0 Å². The molecule has 14 rings (SSSR count). The molecule has 5 heterocycles. The van der Waals surface area contributed by atoms with E-state index in [4.69, 9.17) is 9.97 Å². The molecule has 1 N–H and O–H groups in total. The Kier molecular flexibility index (Phi) is 9.99. The summed E-state index contributed by atoms with van der Waals surface area (Å²) in [5.41, 5.74) is 25.5. The maximum atomic E-state index is 12.8. The van der Waals surface area contributed by atoms with Gasteiger partial charge in [0.05, 0.1) is 38.8 Å². The zero-order chi connectivity index (χ0) is 52.3. The molecule has 2 aliphatic rings. The summed E-state index contributed by atoms with van der Waals surface area (Å²) >= 11 is 0. The summed E-state index contributed by atoms with van der Waals surface area (Å²) in [5, 5.41) is 16.5. The molecule has 0 bridgehead atoms. The van der Waals surface area contributed by atoms with Gasteiger partial charge < -0.3 is 5.11 Å². The predicted octanol–water partition coefficient (Wildman–Crippen LogP) is 16.2. The largest absolute Gasteiger partial charge is 0.507 e. The second-order valence-electron chi connectivity index (χ2n) is 24.2. The predicted molar refractivity (Wildman–Crippen MR) is 321 cm³/mol. The Morgan fingerprint density at radius 2 is 1.07 bits per heavy atom. The van der Waals surface area contributed by atoms with E-state index in [-0.39, 0.29) is 35.1 Å². The SMILES string of the molecule is CC(C)c1cc(-c2ccccc2)cc(C(C)C)c1-n1c(-c2cc(C(C)(C)C)cc(C(C)(C)C)c2O)nc2c(-c3cccc4c3nc3c5cc6c7c(c5c5ccccc5n43)-c3ccccc3B7c3ccccc3-6)cccc21. The highest BCUT2D eigenvalue weighted by Gasteiger charge is 2.43. The lowest BCUT2D eigenvalue weighted by molar-refractivity contribution is 0.446. The zero-order valence-electron chi connectivity index (χ0n) is 45.1. The first-order valence-electron chi connectivity index (χ1n) is 27.2. The van der Waals surface area contributed by atoms with E-state index in [1.165, 1.54) is 71.7 Å².